The van der Waals surface area contributed by atoms with Crippen molar-refractivity contribution in [1.82, 2.24) is 0 Å². The van der Waals surface area contributed by atoms with Gasteiger partial charge in [0.05, 0.1) is 0 Å². The minimum Gasteiger partial charge on any atom is -0.300 e. The van der Waals surface area contributed by atoms with E-state index < -0.39 is 0 Å². The predicted molar refractivity (Wildman–Crippen MR) is 47.4 cm³/mol. The molecule has 0 aliphatic rings. The van der Waals surface area contributed by atoms with Crippen LogP contribution in [0.25, 0.3) is 0 Å². The van der Waals surface area contributed by atoms with Gasteiger partial charge in [-0.25, -0.2) is 0 Å². The van der Waals surface area contributed by atoms with Crippen LogP contribution in [0.15, 0.2) is 12.7 Å². The van der Waals surface area contributed by atoms with Gasteiger partial charge in [-0.3, -0.25) is 4.79 Å². The second kappa shape index (κ2) is 6.87. The van der Waals surface area contributed by atoms with Crippen molar-refractivity contribution in [2.75, 3.05) is 12.0 Å². The zero-order valence-electron chi connectivity index (χ0n) is 6.43. The van der Waals surface area contributed by atoms with Crippen LogP contribution >= 0.6 is 11.8 Å². The number of allylic oxidation sites excluding steroid dienone is 1. The van der Waals surface area contributed by atoms with Crippen molar-refractivity contribution < 1.29 is 4.79 Å². The number of Topliss-reactive ketones (excluding diaryl/α,β-unsaturated/α-hetero) is 1. The molecule has 0 spiro atoms. The minimum absolute atomic E-state index is 0.356. The van der Waals surface area contributed by atoms with Crippen molar-refractivity contribution in [3.8, 4) is 0 Å². The number of carbonyl (C=O) groups excluding carboxylic acids is 1. The standard InChI is InChI=1S/C8H14OS/c1-3-4-5-8(9)6-7-10-2/h3H,1,4-7H2,2H3. The molecule has 0 fully saturated rings. The van der Waals surface area contributed by atoms with Gasteiger partial charge in [-0.15, -0.1) is 6.58 Å². The van der Waals surface area contributed by atoms with Gasteiger partial charge in [0.1, 0.15) is 5.78 Å². The fraction of sp³-hybridized carbons (Fsp3) is 0.625. The Hall–Kier alpha value is -0.240. The van der Waals surface area contributed by atoms with E-state index in [1.807, 2.05) is 6.26 Å². The number of rotatable bonds is 6. The molecular weight excluding hydrogens is 144 g/mol. The van der Waals surface area contributed by atoms with E-state index in [0.29, 0.717) is 12.2 Å². The molecule has 0 aromatic rings. The summed E-state index contributed by atoms with van der Waals surface area (Å²) in [6, 6.07) is 0. The summed E-state index contributed by atoms with van der Waals surface area (Å²) in [6.07, 6.45) is 6.02. The molecule has 0 heterocycles. The van der Waals surface area contributed by atoms with E-state index in [4.69, 9.17) is 0 Å². The Morgan fingerprint density at radius 2 is 2.30 bits per heavy atom. The molecule has 58 valence electrons. The van der Waals surface area contributed by atoms with E-state index >= 15 is 0 Å². The van der Waals surface area contributed by atoms with Crippen LogP contribution in [0.2, 0.25) is 0 Å². The van der Waals surface area contributed by atoms with Gasteiger partial charge in [0.25, 0.3) is 0 Å². The fourth-order valence-corrected chi connectivity index (χ4v) is 1.04. The van der Waals surface area contributed by atoms with Crippen LogP contribution in [-0.4, -0.2) is 17.8 Å². The second-order valence-corrected chi connectivity index (χ2v) is 3.09. The molecule has 0 saturated carbocycles. The summed E-state index contributed by atoms with van der Waals surface area (Å²) in [7, 11) is 0. The monoisotopic (exact) mass is 158 g/mol. The summed E-state index contributed by atoms with van der Waals surface area (Å²) >= 11 is 1.72. The number of thioether (sulfide) groups is 1. The number of ketones is 1. The Balaban J connectivity index is 3.16. The van der Waals surface area contributed by atoms with E-state index in [9.17, 15) is 4.79 Å². The van der Waals surface area contributed by atoms with Crippen LogP contribution < -0.4 is 0 Å². The Morgan fingerprint density at radius 3 is 2.80 bits per heavy atom. The molecule has 0 saturated heterocycles. The van der Waals surface area contributed by atoms with Crippen LogP contribution in [0.5, 0.6) is 0 Å². The molecular formula is C8H14OS. The highest BCUT2D eigenvalue weighted by Crippen LogP contribution is 2.00. The van der Waals surface area contributed by atoms with Gasteiger partial charge in [-0.1, -0.05) is 6.08 Å². The molecule has 0 aliphatic heterocycles. The molecule has 0 amide bonds. The zero-order valence-corrected chi connectivity index (χ0v) is 7.25. The lowest BCUT2D eigenvalue weighted by Crippen LogP contribution is -1.97. The molecule has 0 radical (unpaired) electrons. The molecule has 1 nitrogen and oxygen atoms in total. The lowest BCUT2D eigenvalue weighted by Gasteiger charge is -1.94. The Labute approximate surface area is 66.9 Å². The smallest absolute Gasteiger partial charge is 0.134 e. The zero-order chi connectivity index (χ0) is 7.82. The van der Waals surface area contributed by atoms with Gasteiger partial charge in [-0.05, 0) is 18.4 Å². The molecule has 0 bridgehead atoms. The quantitative estimate of drug-likeness (QED) is 0.552. The maximum absolute atomic E-state index is 10.9. The molecule has 0 aromatic heterocycles. The average molecular weight is 158 g/mol. The first kappa shape index (κ1) is 9.76. The maximum Gasteiger partial charge on any atom is 0.134 e. The minimum atomic E-state index is 0.356. The number of hydrogen-bond acceptors (Lipinski definition) is 2. The van der Waals surface area contributed by atoms with Gasteiger partial charge >= 0.3 is 0 Å². The first-order chi connectivity index (χ1) is 4.81. The van der Waals surface area contributed by atoms with Crippen LogP contribution in [0, 0.1) is 0 Å². The fourth-order valence-electron chi connectivity index (χ4n) is 0.604. The van der Waals surface area contributed by atoms with Crippen LogP contribution in [0.1, 0.15) is 19.3 Å². The maximum atomic E-state index is 10.9. The summed E-state index contributed by atoms with van der Waals surface area (Å²) < 4.78 is 0. The van der Waals surface area contributed by atoms with Gasteiger partial charge in [0, 0.05) is 12.8 Å². The lowest BCUT2D eigenvalue weighted by atomic mass is 10.2. The molecule has 0 unspecified atom stereocenters. The Kier molecular flexibility index (Phi) is 6.71. The third kappa shape index (κ3) is 5.89. The van der Waals surface area contributed by atoms with Crippen molar-refractivity contribution in [3.63, 3.8) is 0 Å². The van der Waals surface area contributed by atoms with Crippen LogP contribution in [0.3, 0.4) is 0 Å². The van der Waals surface area contributed by atoms with E-state index in [-0.39, 0.29) is 0 Å². The van der Waals surface area contributed by atoms with Crippen LogP contribution in [-0.2, 0) is 4.79 Å². The summed E-state index contributed by atoms with van der Waals surface area (Å²) in [5.41, 5.74) is 0. The topological polar surface area (TPSA) is 17.1 Å². The summed E-state index contributed by atoms with van der Waals surface area (Å²) in [4.78, 5) is 10.9. The normalized spacial score (nSPS) is 9.30. The lowest BCUT2D eigenvalue weighted by molar-refractivity contribution is -0.118. The van der Waals surface area contributed by atoms with Gasteiger partial charge in [0.2, 0.25) is 0 Å². The van der Waals surface area contributed by atoms with E-state index in [1.54, 1.807) is 17.8 Å². The van der Waals surface area contributed by atoms with E-state index in [2.05, 4.69) is 6.58 Å². The summed E-state index contributed by atoms with van der Waals surface area (Å²) in [6.45, 7) is 3.56. The highest BCUT2D eigenvalue weighted by molar-refractivity contribution is 7.98. The summed E-state index contributed by atoms with van der Waals surface area (Å²) in [5.74, 6) is 1.31. The molecule has 0 N–H and O–H groups in total. The molecule has 0 aromatic carbocycles. The number of hydrogen-bond donors (Lipinski definition) is 0. The predicted octanol–water partition coefficient (Wildman–Crippen LogP) is 2.27. The molecule has 0 rings (SSSR count). The SMILES string of the molecule is C=CCCC(=O)CCSC. The summed E-state index contributed by atoms with van der Waals surface area (Å²) in [5, 5.41) is 0. The molecule has 0 atom stereocenters. The van der Waals surface area contributed by atoms with Crippen molar-refractivity contribution in [1.29, 1.82) is 0 Å². The third-order valence-electron chi connectivity index (χ3n) is 1.21. The number of carbonyl (C=O) groups is 1. The largest absolute Gasteiger partial charge is 0.300 e. The van der Waals surface area contributed by atoms with Crippen molar-refractivity contribution >= 4 is 17.5 Å². The highest BCUT2D eigenvalue weighted by Gasteiger charge is 1.97. The van der Waals surface area contributed by atoms with Crippen LogP contribution in [0.4, 0.5) is 0 Å². The Bertz CT molecular complexity index is 110. The average Bonchev–Trinajstić information content (AvgIpc) is 1.97. The van der Waals surface area contributed by atoms with Gasteiger partial charge in [-0.2, -0.15) is 11.8 Å². The first-order valence-electron chi connectivity index (χ1n) is 3.42. The van der Waals surface area contributed by atoms with E-state index in [0.717, 1.165) is 18.6 Å². The first-order valence-corrected chi connectivity index (χ1v) is 4.82. The second-order valence-electron chi connectivity index (χ2n) is 2.11. The third-order valence-corrected chi connectivity index (χ3v) is 1.82. The van der Waals surface area contributed by atoms with Gasteiger partial charge in [0.15, 0.2) is 0 Å². The molecule has 2 heteroatoms. The van der Waals surface area contributed by atoms with Crippen molar-refractivity contribution in [2.24, 2.45) is 0 Å². The molecule has 10 heavy (non-hydrogen) atoms. The van der Waals surface area contributed by atoms with Crippen molar-refractivity contribution in [2.45, 2.75) is 19.3 Å². The molecule has 0 aliphatic carbocycles. The van der Waals surface area contributed by atoms with E-state index in [1.165, 1.54) is 0 Å². The van der Waals surface area contributed by atoms with Gasteiger partial charge < -0.3 is 0 Å². The highest BCUT2D eigenvalue weighted by atomic mass is 32.2. The Morgan fingerprint density at radius 1 is 1.60 bits per heavy atom. The van der Waals surface area contributed by atoms with Crippen molar-refractivity contribution in [3.05, 3.63) is 12.7 Å².